The van der Waals surface area contributed by atoms with Gasteiger partial charge in [-0.15, -0.1) is 13.2 Å². The summed E-state index contributed by atoms with van der Waals surface area (Å²) in [6, 6.07) is 9.44. The van der Waals surface area contributed by atoms with Crippen LogP contribution in [0.2, 0.25) is 0 Å². The number of fused-ring (bicyclic) bond motifs is 2. The minimum atomic E-state index is -3.60. The molecule has 0 amide bonds. The molecule has 0 unspecified atom stereocenters. The van der Waals surface area contributed by atoms with Crippen LogP contribution in [0.25, 0.3) is 0 Å². The smallest absolute Gasteiger partial charge is 0.211 e. The van der Waals surface area contributed by atoms with Gasteiger partial charge >= 0.3 is 0 Å². The topological polar surface area (TPSA) is 173 Å². The van der Waals surface area contributed by atoms with E-state index in [0.717, 1.165) is 21.1 Å². The van der Waals surface area contributed by atoms with E-state index < -0.39 is 43.8 Å². The summed E-state index contributed by atoms with van der Waals surface area (Å²) >= 11 is 0. The maximum Gasteiger partial charge on any atom is 0.211 e. The third kappa shape index (κ3) is 7.91. The molecule has 1 aliphatic carbocycles. The first kappa shape index (κ1) is 33.1. The van der Waals surface area contributed by atoms with E-state index >= 15 is 0 Å². The standard InChI is InChI=1S/C28H36N4O8S2/c1-5-13-31(41(3,37)38)17-19(33)15-29-23-11-12-24(30-16-20(34)18-32(14-6-2)42(4,39)40)26-25(23)27(35)21-9-7-8-10-22(21)28(26)36/h5-12,19-20,29-30,33-34H,1-2,13-18H2,3-4H3/t19-,20+. The predicted molar refractivity (Wildman–Crippen MR) is 162 cm³/mol. The zero-order chi connectivity index (χ0) is 31.2. The fraction of sp³-hybridized carbons (Fsp3) is 0.357. The van der Waals surface area contributed by atoms with Crippen molar-refractivity contribution >= 4 is 43.0 Å². The molecular formula is C28H36N4O8S2. The van der Waals surface area contributed by atoms with Crippen LogP contribution in [0.1, 0.15) is 31.8 Å². The van der Waals surface area contributed by atoms with E-state index in [-0.39, 0.29) is 72.9 Å². The lowest BCUT2D eigenvalue weighted by Gasteiger charge is -2.26. The van der Waals surface area contributed by atoms with Gasteiger partial charge in [0.15, 0.2) is 11.6 Å². The van der Waals surface area contributed by atoms with Gasteiger partial charge in [0.1, 0.15) is 0 Å². The molecule has 0 aromatic heterocycles. The summed E-state index contributed by atoms with van der Waals surface area (Å²) < 4.78 is 50.2. The Morgan fingerprint density at radius 1 is 0.738 bits per heavy atom. The first-order valence-corrected chi connectivity index (χ1v) is 16.7. The van der Waals surface area contributed by atoms with Gasteiger partial charge in [-0.2, -0.15) is 8.61 Å². The number of hydrogen-bond donors (Lipinski definition) is 4. The van der Waals surface area contributed by atoms with Crippen molar-refractivity contribution in [3.8, 4) is 0 Å². The molecule has 42 heavy (non-hydrogen) atoms. The SMILES string of the molecule is C=CCN(C[C@H](O)CNc1ccc(NC[C@H](O)CN(CC=C)S(C)(=O)=O)c2c1C(=O)c1ccccc1C2=O)S(C)(=O)=O. The zero-order valence-corrected chi connectivity index (χ0v) is 25.1. The average Bonchev–Trinajstić information content (AvgIpc) is 2.92. The van der Waals surface area contributed by atoms with Crippen LogP contribution >= 0.6 is 0 Å². The second-order valence-corrected chi connectivity index (χ2v) is 13.9. The third-order valence-corrected chi connectivity index (χ3v) is 9.04. The highest BCUT2D eigenvalue weighted by atomic mass is 32.2. The Hall–Kier alpha value is -3.40. The lowest BCUT2D eigenvalue weighted by Crippen LogP contribution is -2.40. The van der Waals surface area contributed by atoms with Gasteiger partial charge in [-0.1, -0.05) is 36.4 Å². The van der Waals surface area contributed by atoms with Crippen molar-refractivity contribution in [2.45, 2.75) is 12.2 Å². The van der Waals surface area contributed by atoms with E-state index in [2.05, 4.69) is 23.8 Å². The summed E-state index contributed by atoms with van der Waals surface area (Å²) in [6.07, 6.45) is 2.54. The lowest BCUT2D eigenvalue weighted by molar-refractivity contribution is 0.0980. The molecule has 228 valence electrons. The Kier molecular flexibility index (Phi) is 10.8. The van der Waals surface area contributed by atoms with Gasteiger partial charge in [-0.05, 0) is 12.1 Å². The van der Waals surface area contributed by atoms with Gasteiger partial charge in [0.25, 0.3) is 0 Å². The Labute approximate surface area is 246 Å². The molecule has 0 aliphatic heterocycles. The number of benzene rings is 2. The summed E-state index contributed by atoms with van der Waals surface area (Å²) in [5.41, 5.74) is 1.04. The van der Waals surface area contributed by atoms with Crippen molar-refractivity contribution in [2.24, 2.45) is 0 Å². The molecule has 2 aromatic rings. The number of nitrogens with one attached hydrogen (secondary N) is 2. The number of rotatable bonds is 16. The molecule has 3 rings (SSSR count). The molecule has 0 radical (unpaired) electrons. The number of carbonyl (C=O) groups excluding carboxylic acids is 2. The maximum absolute atomic E-state index is 13.6. The van der Waals surface area contributed by atoms with Crippen LogP contribution in [-0.2, 0) is 20.0 Å². The number of hydrogen-bond acceptors (Lipinski definition) is 10. The van der Waals surface area contributed by atoms with Gasteiger partial charge < -0.3 is 20.8 Å². The van der Waals surface area contributed by atoms with Crippen molar-refractivity contribution in [1.29, 1.82) is 0 Å². The van der Waals surface area contributed by atoms with Gasteiger partial charge in [0.05, 0.1) is 35.8 Å². The van der Waals surface area contributed by atoms with E-state index in [4.69, 9.17) is 0 Å². The van der Waals surface area contributed by atoms with Crippen LogP contribution in [0, 0.1) is 0 Å². The van der Waals surface area contributed by atoms with Crippen LogP contribution in [-0.4, -0.2) is 111 Å². The molecule has 0 heterocycles. The Morgan fingerprint density at radius 3 is 1.40 bits per heavy atom. The highest BCUT2D eigenvalue weighted by Crippen LogP contribution is 2.36. The number of anilines is 2. The summed E-state index contributed by atoms with van der Waals surface area (Å²) in [4.78, 5) is 27.2. The van der Waals surface area contributed by atoms with Crippen molar-refractivity contribution in [3.63, 3.8) is 0 Å². The quantitative estimate of drug-likeness (QED) is 0.169. The number of nitrogens with zero attached hydrogens (tertiary/aromatic N) is 2. The number of aliphatic hydroxyl groups is 2. The fourth-order valence-electron chi connectivity index (χ4n) is 4.55. The molecule has 0 fully saturated rings. The monoisotopic (exact) mass is 620 g/mol. The first-order chi connectivity index (χ1) is 19.7. The molecule has 12 nitrogen and oxygen atoms in total. The van der Waals surface area contributed by atoms with Gasteiger partial charge in [-0.25, -0.2) is 16.8 Å². The van der Waals surface area contributed by atoms with Crippen LogP contribution in [0.15, 0.2) is 61.7 Å². The molecule has 4 N–H and O–H groups in total. The van der Waals surface area contributed by atoms with Crippen LogP contribution in [0.4, 0.5) is 11.4 Å². The Bertz CT molecular complexity index is 1460. The Balaban J connectivity index is 1.90. The number of aliphatic hydroxyl groups excluding tert-OH is 2. The van der Waals surface area contributed by atoms with Crippen molar-refractivity contribution in [1.82, 2.24) is 8.61 Å². The summed E-state index contributed by atoms with van der Waals surface area (Å²) in [7, 11) is -7.20. The van der Waals surface area contributed by atoms with Gasteiger partial charge in [-0.3, -0.25) is 9.59 Å². The van der Waals surface area contributed by atoms with E-state index in [1.54, 1.807) is 24.3 Å². The molecule has 0 saturated heterocycles. The van der Waals surface area contributed by atoms with Crippen LogP contribution < -0.4 is 10.6 Å². The van der Waals surface area contributed by atoms with Crippen molar-refractivity contribution in [3.05, 3.63) is 84.0 Å². The van der Waals surface area contributed by atoms with E-state index in [9.17, 15) is 36.6 Å². The molecule has 14 heteroatoms. The summed E-state index contributed by atoms with van der Waals surface area (Å²) in [6.45, 7) is 6.40. The normalized spacial score (nSPS) is 14.7. The van der Waals surface area contributed by atoms with Crippen molar-refractivity contribution in [2.75, 3.05) is 62.4 Å². The average molecular weight is 621 g/mol. The fourth-order valence-corrected chi connectivity index (χ4v) is 6.19. The second-order valence-electron chi connectivity index (χ2n) is 9.92. The van der Waals surface area contributed by atoms with Gasteiger partial charge in [0, 0.05) is 61.8 Å². The van der Waals surface area contributed by atoms with E-state index in [0.29, 0.717) is 0 Å². The van der Waals surface area contributed by atoms with E-state index in [1.165, 1.54) is 24.3 Å². The first-order valence-electron chi connectivity index (χ1n) is 13.0. The highest BCUT2D eigenvalue weighted by molar-refractivity contribution is 7.88. The molecule has 2 aromatic carbocycles. The summed E-state index contributed by atoms with van der Waals surface area (Å²) in [5, 5.41) is 27.1. The number of ketones is 2. The molecule has 0 saturated carbocycles. The molecule has 0 bridgehead atoms. The molecular weight excluding hydrogens is 584 g/mol. The number of sulfonamides is 2. The van der Waals surface area contributed by atoms with Gasteiger partial charge in [0.2, 0.25) is 20.0 Å². The predicted octanol–water partition coefficient (Wildman–Crippen LogP) is 0.903. The lowest BCUT2D eigenvalue weighted by atomic mass is 9.82. The zero-order valence-electron chi connectivity index (χ0n) is 23.5. The van der Waals surface area contributed by atoms with E-state index in [1.807, 2.05) is 0 Å². The minimum absolute atomic E-state index is 0.0107. The van der Waals surface area contributed by atoms with Crippen LogP contribution in [0.5, 0.6) is 0 Å². The highest BCUT2D eigenvalue weighted by Gasteiger charge is 2.34. The second kappa shape index (κ2) is 13.7. The van der Waals surface area contributed by atoms with Crippen molar-refractivity contribution < 1.29 is 36.6 Å². The molecule has 1 aliphatic rings. The Morgan fingerprint density at radius 2 is 1.10 bits per heavy atom. The molecule has 0 spiro atoms. The largest absolute Gasteiger partial charge is 0.390 e. The van der Waals surface area contributed by atoms with Crippen LogP contribution in [0.3, 0.4) is 0 Å². The maximum atomic E-state index is 13.6. The summed E-state index contributed by atoms with van der Waals surface area (Å²) in [5.74, 6) is -0.861. The molecule has 2 atom stereocenters. The number of carbonyl (C=O) groups is 2. The third-order valence-electron chi connectivity index (χ3n) is 6.56. The minimum Gasteiger partial charge on any atom is -0.390 e.